The molecule has 0 saturated carbocycles. The number of hydrogen-bond acceptors (Lipinski definition) is 7. The minimum atomic E-state index is -0.659. The minimum absolute atomic E-state index is 0.0527. The van der Waals surface area contributed by atoms with E-state index in [2.05, 4.69) is 10.3 Å². The fraction of sp³-hybridized carbons (Fsp3) is 0.118. The lowest BCUT2D eigenvalue weighted by molar-refractivity contribution is -0.384. The van der Waals surface area contributed by atoms with Crippen molar-refractivity contribution in [1.82, 2.24) is 4.98 Å². The zero-order valence-electron chi connectivity index (χ0n) is 13.9. The zero-order valence-corrected chi connectivity index (χ0v) is 15.5. The first-order valence-corrected chi connectivity index (χ1v) is 8.91. The average Bonchev–Trinajstić information content (AvgIpc) is 3.03. The number of esters is 1. The molecule has 0 fully saturated rings. The number of halogens is 1. The minimum Gasteiger partial charge on any atom is -0.462 e. The van der Waals surface area contributed by atoms with Crippen molar-refractivity contribution in [2.75, 3.05) is 11.9 Å². The molecule has 2 aromatic carbocycles. The van der Waals surface area contributed by atoms with Crippen molar-refractivity contribution in [2.24, 2.45) is 0 Å². The lowest BCUT2D eigenvalue weighted by Gasteiger charge is -2.02. The number of hydrogen-bond donors (Lipinski definition) is 1. The number of anilines is 1. The van der Waals surface area contributed by atoms with Crippen molar-refractivity contribution in [2.45, 2.75) is 6.92 Å². The molecule has 0 bridgehead atoms. The molecule has 1 amide bonds. The number of rotatable bonds is 5. The number of nitro groups is 1. The number of fused-ring (bicyclic) bond motifs is 1. The van der Waals surface area contributed by atoms with Crippen molar-refractivity contribution in [3.8, 4) is 0 Å². The van der Waals surface area contributed by atoms with Gasteiger partial charge in [0, 0.05) is 11.6 Å². The van der Waals surface area contributed by atoms with Gasteiger partial charge in [0.25, 0.3) is 11.6 Å². The lowest BCUT2D eigenvalue weighted by atomic mass is 10.2. The zero-order chi connectivity index (χ0) is 19.6. The summed E-state index contributed by atoms with van der Waals surface area (Å²) in [5.41, 5.74) is 0.718. The predicted molar refractivity (Wildman–Crippen MR) is 102 cm³/mol. The van der Waals surface area contributed by atoms with Gasteiger partial charge in [-0.2, -0.15) is 0 Å². The van der Waals surface area contributed by atoms with E-state index in [4.69, 9.17) is 16.3 Å². The van der Waals surface area contributed by atoms with Gasteiger partial charge in [0.1, 0.15) is 5.02 Å². The third kappa shape index (κ3) is 4.04. The molecule has 8 nitrogen and oxygen atoms in total. The summed E-state index contributed by atoms with van der Waals surface area (Å²) < 4.78 is 5.65. The van der Waals surface area contributed by atoms with Crippen LogP contribution in [-0.4, -0.2) is 28.4 Å². The molecule has 0 spiro atoms. The fourth-order valence-corrected chi connectivity index (χ4v) is 3.37. The molecule has 3 aromatic rings. The van der Waals surface area contributed by atoms with Crippen LogP contribution in [0.15, 0.2) is 36.4 Å². The van der Waals surface area contributed by atoms with E-state index in [1.54, 1.807) is 25.1 Å². The maximum atomic E-state index is 12.4. The molecule has 0 aliphatic rings. The molecule has 0 atom stereocenters. The van der Waals surface area contributed by atoms with Gasteiger partial charge in [-0.1, -0.05) is 22.9 Å². The number of ether oxygens (including phenoxy) is 1. The maximum Gasteiger partial charge on any atom is 0.338 e. The summed E-state index contributed by atoms with van der Waals surface area (Å²) in [4.78, 5) is 38.7. The highest BCUT2D eigenvalue weighted by atomic mass is 35.5. The van der Waals surface area contributed by atoms with Gasteiger partial charge >= 0.3 is 5.97 Å². The Balaban J connectivity index is 1.84. The summed E-state index contributed by atoms with van der Waals surface area (Å²) in [7, 11) is 0. The summed E-state index contributed by atoms with van der Waals surface area (Å²) in [6.45, 7) is 1.99. The van der Waals surface area contributed by atoms with E-state index in [0.717, 1.165) is 6.07 Å². The smallest absolute Gasteiger partial charge is 0.338 e. The molecule has 0 aliphatic heterocycles. The Bertz CT molecular complexity index is 1070. The van der Waals surface area contributed by atoms with E-state index in [9.17, 15) is 19.7 Å². The van der Waals surface area contributed by atoms with E-state index >= 15 is 0 Å². The first-order chi connectivity index (χ1) is 12.9. The SMILES string of the molecule is CCOC(=O)c1ccc2nc(NC(=O)c3ccc(Cl)c([N+](=O)[O-])c3)sc2c1. The molecule has 0 aliphatic carbocycles. The predicted octanol–water partition coefficient (Wildman–Crippen LogP) is 4.29. The summed E-state index contributed by atoms with van der Waals surface area (Å²) >= 11 is 6.92. The van der Waals surface area contributed by atoms with Crippen molar-refractivity contribution in [3.05, 3.63) is 62.7 Å². The molecule has 0 unspecified atom stereocenters. The number of amides is 1. The molecule has 0 saturated heterocycles. The third-order valence-electron chi connectivity index (χ3n) is 3.53. The Morgan fingerprint density at radius 1 is 1.26 bits per heavy atom. The average molecular weight is 406 g/mol. The van der Waals surface area contributed by atoms with Crippen LogP contribution in [0, 0.1) is 10.1 Å². The van der Waals surface area contributed by atoms with Gasteiger partial charge in [-0.25, -0.2) is 9.78 Å². The van der Waals surface area contributed by atoms with Crippen molar-refractivity contribution < 1.29 is 19.2 Å². The molecular formula is C17H12ClN3O5S. The van der Waals surface area contributed by atoms with E-state index in [-0.39, 0.29) is 22.9 Å². The van der Waals surface area contributed by atoms with E-state index < -0.39 is 16.8 Å². The fourth-order valence-electron chi connectivity index (χ4n) is 2.28. The van der Waals surface area contributed by atoms with E-state index in [0.29, 0.717) is 20.9 Å². The van der Waals surface area contributed by atoms with Crippen LogP contribution < -0.4 is 5.32 Å². The summed E-state index contributed by atoms with van der Waals surface area (Å²) in [5, 5.41) is 13.8. The Kier molecular flexibility index (Phi) is 5.33. The number of nitro benzene ring substituents is 1. The van der Waals surface area contributed by atoms with Crippen LogP contribution in [0.3, 0.4) is 0 Å². The molecule has 3 rings (SSSR count). The largest absolute Gasteiger partial charge is 0.462 e. The Hall–Kier alpha value is -3.04. The summed E-state index contributed by atoms with van der Waals surface area (Å²) in [6.07, 6.45) is 0. The third-order valence-corrected chi connectivity index (χ3v) is 4.78. The van der Waals surface area contributed by atoms with Gasteiger partial charge in [0.05, 0.1) is 27.3 Å². The number of thiazole rings is 1. The molecule has 1 N–H and O–H groups in total. The number of nitrogens with one attached hydrogen (secondary N) is 1. The Labute approximate surface area is 161 Å². The van der Waals surface area contributed by atoms with E-state index in [1.807, 2.05) is 0 Å². The first kappa shape index (κ1) is 18.7. The van der Waals surface area contributed by atoms with Gasteiger partial charge in [-0.3, -0.25) is 20.2 Å². The van der Waals surface area contributed by atoms with Crippen LogP contribution in [0.2, 0.25) is 5.02 Å². The highest BCUT2D eigenvalue weighted by molar-refractivity contribution is 7.22. The number of nitrogens with zero attached hydrogens (tertiary/aromatic N) is 2. The second kappa shape index (κ2) is 7.68. The van der Waals surface area contributed by atoms with E-state index in [1.165, 1.54) is 23.5 Å². The Morgan fingerprint density at radius 3 is 2.70 bits per heavy atom. The molecule has 27 heavy (non-hydrogen) atoms. The highest BCUT2D eigenvalue weighted by Gasteiger charge is 2.18. The van der Waals surface area contributed by atoms with Crippen LogP contribution >= 0.6 is 22.9 Å². The quantitative estimate of drug-likeness (QED) is 0.385. The summed E-state index contributed by atoms with van der Waals surface area (Å²) in [5.74, 6) is -0.994. The number of benzene rings is 2. The van der Waals surface area contributed by atoms with Crippen molar-refractivity contribution >= 4 is 55.8 Å². The molecule has 10 heteroatoms. The first-order valence-electron chi connectivity index (χ1n) is 7.72. The number of aromatic nitrogens is 1. The molecule has 1 aromatic heterocycles. The topological polar surface area (TPSA) is 111 Å². The van der Waals surface area contributed by atoms with Crippen LogP contribution in [0.4, 0.5) is 10.8 Å². The monoisotopic (exact) mass is 405 g/mol. The van der Waals surface area contributed by atoms with Gasteiger partial charge < -0.3 is 4.74 Å². The second-order valence-electron chi connectivity index (χ2n) is 5.30. The normalized spacial score (nSPS) is 10.6. The maximum absolute atomic E-state index is 12.4. The molecule has 138 valence electrons. The highest BCUT2D eigenvalue weighted by Crippen LogP contribution is 2.29. The lowest BCUT2D eigenvalue weighted by Crippen LogP contribution is -2.11. The number of carbonyl (C=O) groups excluding carboxylic acids is 2. The second-order valence-corrected chi connectivity index (χ2v) is 6.74. The molecule has 0 radical (unpaired) electrons. The summed E-state index contributed by atoms with van der Waals surface area (Å²) in [6, 6.07) is 8.65. The standard InChI is InChI=1S/C17H12ClN3O5S/c1-2-26-16(23)10-4-6-12-14(8-10)27-17(19-12)20-15(22)9-3-5-11(18)13(7-9)21(24)25/h3-8H,2H2,1H3,(H,19,20,22). The molecule has 1 heterocycles. The van der Waals surface area contributed by atoms with Gasteiger partial charge in [0.2, 0.25) is 0 Å². The van der Waals surface area contributed by atoms with Gasteiger partial charge in [0.15, 0.2) is 5.13 Å². The van der Waals surface area contributed by atoms with Crippen LogP contribution in [-0.2, 0) is 4.74 Å². The van der Waals surface area contributed by atoms with Crippen LogP contribution in [0.1, 0.15) is 27.6 Å². The Morgan fingerprint density at radius 2 is 2.00 bits per heavy atom. The van der Waals surface area contributed by atoms with Gasteiger partial charge in [-0.05, 0) is 37.3 Å². The number of carbonyl (C=O) groups is 2. The van der Waals surface area contributed by atoms with Crippen LogP contribution in [0.5, 0.6) is 0 Å². The molecular weight excluding hydrogens is 394 g/mol. The van der Waals surface area contributed by atoms with Crippen LogP contribution in [0.25, 0.3) is 10.2 Å². The van der Waals surface area contributed by atoms with Gasteiger partial charge in [-0.15, -0.1) is 0 Å². The van der Waals surface area contributed by atoms with Crippen molar-refractivity contribution in [3.63, 3.8) is 0 Å². The van der Waals surface area contributed by atoms with Crippen molar-refractivity contribution in [1.29, 1.82) is 0 Å².